The van der Waals surface area contributed by atoms with Crippen molar-refractivity contribution >= 4 is 18.0 Å². The van der Waals surface area contributed by atoms with Crippen molar-refractivity contribution in [3.63, 3.8) is 0 Å². The Morgan fingerprint density at radius 2 is 2.04 bits per heavy atom. The molecule has 0 amide bonds. The van der Waals surface area contributed by atoms with E-state index in [0.29, 0.717) is 6.42 Å². The van der Waals surface area contributed by atoms with Crippen LogP contribution in [-0.2, 0) is 20.6 Å². The minimum atomic E-state index is -4.44. The summed E-state index contributed by atoms with van der Waals surface area (Å²) in [5, 5.41) is 3.47. The van der Waals surface area contributed by atoms with Gasteiger partial charge in [-0.05, 0) is 42.4 Å². The number of oxime groups is 1. The molecule has 0 unspecified atom stereocenters. The van der Waals surface area contributed by atoms with Crippen LogP contribution in [0.25, 0.3) is 0 Å². The van der Waals surface area contributed by atoms with E-state index in [-0.39, 0.29) is 35.0 Å². The molecular formula is C18H20F3NO3. The van der Waals surface area contributed by atoms with Crippen molar-refractivity contribution in [1.82, 2.24) is 0 Å². The smallest absolute Gasteiger partial charge is 0.318 e. The first-order chi connectivity index (χ1) is 11.5. The molecule has 25 heavy (non-hydrogen) atoms. The second-order valence-electron chi connectivity index (χ2n) is 6.94. The van der Waals surface area contributed by atoms with Crippen LogP contribution in [-0.4, -0.2) is 18.0 Å². The van der Waals surface area contributed by atoms with Gasteiger partial charge in [-0.1, -0.05) is 31.1 Å². The average molecular weight is 355 g/mol. The number of halogens is 3. The zero-order chi connectivity index (χ0) is 18.8. The summed E-state index contributed by atoms with van der Waals surface area (Å²) in [6, 6.07) is 4.56. The van der Waals surface area contributed by atoms with Crippen molar-refractivity contribution in [2.45, 2.75) is 39.8 Å². The molecule has 1 aliphatic carbocycles. The van der Waals surface area contributed by atoms with Crippen LogP contribution >= 0.6 is 0 Å². The van der Waals surface area contributed by atoms with Crippen LogP contribution in [0.4, 0.5) is 13.2 Å². The second kappa shape index (κ2) is 6.98. The fraction of sp³-hybridized carbons (Fsp3) is 0.500. The fourth-order valence-corrected chi connectivity index (χ4v) is 3.23. The lowest BCUT2D eigenvalue weighted by Crippen LogP contribution is -2.48. The number of ketones is 1. The Hall–Kier alpha value is -2.18. The first-order valence-electron chi connectivity index (χ1n) is 7.92. The van der Waals surface area contributed by atoms with Crippen LogP contribution in [0.2, 0.25) is 0 Å². The lowest BCUT2D eigenvalue weighted by molar-refractivity contribution is -0.153. The number of nitrogens with zero attached hydrogens (tertiary/aromatic N) is 1. The molecule has 0 aliphatic heterocycles. The molecule has 0 saturated heterocycles. The van der Waals surface area contributed by atoms with E-state index >= 15 is 0 Å². The lowest BCUT2D eigenvalue weighted by Gasteiger charge is -2.50. The fourth-order valence-electron chi connectivity index (χ4n) is 3.23. The maximum Gasteiger partial charge on any atom is 0.416 e. The van der Waals surface area contributed by atoms with Crippen molar-refractivity contribution in [1.29, 1.82) is 0 Å². The maximum atomic E-state index is 12.6. The van der Waals surface area contributed by atoms with Crippen molar-refractivity contribution < 1.29 is 27.6 Å². The lowest BCUT2D eigenvalue weighted by atomic mass is 9.53. The van der Waals surface area contributed by atoms with E-state index in [0.717, 1.165) is 18.3 Å². The van der Waals surface area contributed by atoms with Gasteiger partial charge < -0.3 is 4.84 Å². The van der Waals surface area contributed by atoms with Crippen molar-refractivity contribution in [3.05, 3.63) is 35.4 Å². The molecule has 136 valence electrons. The number of benzene rings is 1. The van der Waals surface area contributed by atoms with Gasteiger partial charge in [0.1, 0.15) is 5.78 Å². The summed E-state index contributed by atoms with van der Waals surface area (Å²) in [5.74, 6) is -0.489. The Morgan fingerprint density at radius 1 is 1.36 bits per heavy atom. The summed E-state index contributed by atoms with van der Waals surface area (Å²) in [6.45, 7) is 5.42. The number of Topliss-reactive ketones (excluding diaryl/α,β-unsaturated/α-hetero) is 1. The molecule has 2 rings (SSSR count). The molecule has 0 aromatic heterocycles. The third-order valence-electron chi connectivity index (χ3n) is 4.94. The summed E-state index contributed by atoms with van der Waals surface area (Å²) in [6.07, 6.45) is -2.62. The van der Waals surface area contributed by atoms with E-state index in [9.17, 15) is 22.8 Å². The highest BCUT2D eigenvalue weighted by atomic mass is 19.4. The van der Waals surface area contributed by atoms with Crippen LogP contribution in [0.1, 0.15) is 44.7 Å². The van der Waals surface area contributed by atoms with Crippen molar-refractivity contribution in [2.24, 2.45) is 22.4 Å². The van der Waals surface area contributed by atoms with E-state index in [1.807, 2.05) is 13.8 Å². The highest BCUT2D eigenvalue weighted by Gasteiger charge is 2.50. The van der Waals surface area contributed by atoms with Gasteiger partial charge in [0, 0.05) is 5.92 Å². The van der Waals surface area contributed by atoms with Gasteiger partial charge in [-0.15, -0.1) is 0 Å². The number of carbonyl (C=O) groups is 2. The molecule has 1 aromatic carbocycles. The third-order valence-corrected chi connectivity index (χ3v) is 4.94. The maximum absolute atomic E-state index is 12.6. The first kappa shape index (κ1) is 19.1. The molecular weight excluding hydrogens is 335 g/mol. The SMILES string of the molecule is CC(=O)[C@H]1C[C@@H](CC(=O)ON=Cc2cccc(C(F)(F)F)c2)C1(C)C. The van der Waals surface area contributed by atoms with Crippen LogP contribution in [0, 0.1) is 17.3 Å². The summed E-state index contributed by atoms with van der Waals surface area (Å²) >= 11 is 0. The monoisotopic (exact) mass is 355 g/mol. The van der Waals surface area contributed by atoms with Gasteiger partial charge in [-0.25, -0.2) is 4.79 Å². The zero-order valence-corrected chi connectivity index (χ0v) is 14.3. The van der Waals surface area contributed by atoms with Crippen molar-refractivity contribution in [2.75, 3.05) is 0 Å². The minimum Gasteiger partial charge on any atom is -0.318 e. The second-order valence-corrected chi connectivity index (χ2v) is 6.94. The van der Waals surface area contributed by atoms with Gasteiger partial charge in [0.25, 0.3) is 0 Å². The quantitative estimate of drug-likeness (QED) is 0.451. The Kier molecular flexibility index (Phi) is 5.34. The summed E-state index contributed by atoms with van der Waals surface area (Å²) < 4.78 is 37.8. The number of hydrogen-bond donors (Lipinski definition) is 0. The molecule has 4 nitrogen and oxygen atoms in total. The molecule has 7 heteroatoms. The Labute approximate surface area is 144 Å². The topological polar surface area (TPSA) is 55.7 Å². The van der Waals surface area contributed by atoms with Gasteiger partial charge in [0.2, 0.25) is 0 Å². The highest BCUT2D eigenvalue weighted by molar-refractivity contribution is 5.82. The number of rotatable bonds is 5. The van der Waals surface area contributed by atoms with Gasteiger partial charge in [0.05, 0.1) is 18.2 Å². The predicted octanol–water partition coefficient (Wildman–Crippen LogP) is 4.22. The largest absolute Gasteiger partial charge is 0.416 e. The highest BCUT2D eigenvalue weighted by Crippen LogP contribution is 2.53. The number of hydrogen-bond acceptors (Lipinski definition) is 4. The molecule has 0 spiro atoms. The molecule has 0 heterocycles. The summed E-state index contributed by atoms with van der Waals surface area (Å²) in [5.41, 5.74) is -0.882. The summed E-state index contributed by atoms with van der Waals surface area (Å²) in [7, 11) is 0. The normalized spacial score (nSPS) is 22.5. The first-order valence-corrected chi connectivity index (χ1v) is 7.92. The van der Waals surface area contributed by atoms with Gasteiger partial charge in [-0.2, -0.15) is 13.2 Å². The molecule has 1 aromatic rings. The average Bonchev–Trinajstić information content (AvgIpc) is 2.50. The number of alkyl halides is 3. The number of carbonyl (C=O) groups excluding carboxylic acids is 2. The molecule has 1 saturated carbocycles. The summed E-state index contributed by atoms with van der Waals surface area (Å²) in [4.78, 5) is 28.0. The van der Waals surface area contributed by atoms with Crippen LogP contribution in [0.5, 0.6) is 0 Å². The molecule has 1 fully saturated rings. The van der Waals surface area contributed by atoms with E-state index < -0.39 is 17.7 Å². The molecule has 0 N–H and O–H groups in total. The molecule has 0 bridgehead atoms. The van der Waals surface area contributed by atoms with E-state index in [1.165, 1.54) is 12.1 Å². The van der Waals surface area contributed by atoms with Gasteiger partial charge in [-0.3, -0.25) is 4.79 Å². The zero-order valence-electron chi connectivity index (χ0n) is 14.3. The molecule has 0 radical (unpaired) electrons. The molecule has 1 aliphatic rings. The van der Waals surface area contributed by atoms with Crippen LogP contribution in [0.15, 0.2) is 29.4 Å². The van der Waals surface area contributed by atoms with Crippen molar-refractivity contribution in [3.8, 4) is 0 Å². The van der Waals surface area contributed by atoms with Crippen LogP contribution < -0.4 is 0 Å². The third kappa shape index (κ3) is 4.46. The standard InChI is InChI=1S/C18H20F3NO3/c1-11(23)15-8-14(17(15,2)3)9-16(24)25-22-10-12-5-4-6-13(7-12)18(19,20)21/h4-7,10,14-15H,8-9H2,1-3H3/t14-,15+/m0/s1. The van der Waals surface area contributed by atoms with Gasteiger partial charge in [0.15, 0.2) is 0 Å². The minimum absolute atomic E-state index is 0.0256. The predicted molar refractivity (Wildman–Crippen MR) is 85.8 cm³/mol. The Bertz CT molecular complexity index is 695. The Balaban J connectivity index is 1.89. The Morgan fingerprint density at radius 3 is 2.60 bits per heavy atom. The van der Waals surface area contributed by atoms with E-state index in [2.05, 4.69) is 5.16 Å². The van der Waals surface area contributed by atoms with Crippen LogP contribution in [0.3, 0.4) is 0 Å². The van der Waals surface area contributed by atoms with E-state index in [4.69, 9.17) is 4.84 Å². The molecule has 2 atom stereocenters. The van der Waals surface area contributed by atoms with E-state index in [1.54, 1.807) is 6.92 Å². The van der Waals surface area contributed by atoms with Gasteiger partial charge >= 0.3 is 12.1 Å².